The summed E-state index contributed by atoms with van der Waals surface area (Å²) >= 11 is 0. The number of hydrogen-bond acceptors (Lipinski definition) is 3. The fourth-order valence-electron chi connectivity index (χ4n) is 1.14. The molecule has 0 saturated carbocycles. The van der Waals surface area contributed by atoms with E-state index in [0.717, 1.165) is 16.6 Å². The van der Waals surface area contributed by atoms with E-state index in [0.29, 0.717) is 0 Å². The largest absolute Gasteiger partial charge is 0.264 e. The zero-order valence-corrected chi connectivity index (χ0v) is 6.44. The van der Waals surface area contributed by atoms with Crippen molar-refractivity contribution < 1.29 is 0 Å². The van der Waals surface area contributed by atoms with Crippen molar-refractivity contribution in [1.29, 1.82) is 0 Å². The van der Waals surface area contributed by atoms with Gasteiger partial charge in [-0.2, -0.15) is 10.2 Å². The first-order chi connectivity index (χ1) is 5.92. The first-order valence-corrected chi connectivity index (χ1v) is 3.59. The van der Waals surface area contributed by atoms with E-state index in [-0.39, 0.29) is 0 Å². The number of benzene rings is 1. The van der Waals surface area contributed by atoms with E-state index in [4.69, 9.17) is 0 Å². The van der Waals surface area contributed by atoms with Crippen LogP contribution in [0.15, 0.2) is 35.5 Å². The summed E-state index contributed by atoms with van der Waals surface area (Å²) < 4.78 is 0. The molecule has 2 aromatic rings. The second-order valence-corrected chi connectivity index (χ2v) is 2.40. The highest BCUT2D eigenvalue weighted by molar-refractivity contribution is 5.89. The molecular weight excluding hydrogens is 150 g/mol. The monoisotopic (exact) mass is 157 g/mol. The van der Waals surface area contributed by atoms with E-state index in [1.54, 1.807) is 6.20 Å². The molecule has 0 unspecified atom stereocenters. The summed E-state index contributed by atoms with van der Waals surface area (Å²) in [7, 11) is 0. The zero-order valence-electron chi connectivity index (χ0n) is 6.44. The van der Waals surface area contributed by atoms with Gasteiger partial charge in [0.1, 0.15) is 0 Å². The number of aromatic nitrogens is 2. The fraction of sp³-hybridized carbons (Fsp3) is 0. The van der Waals surface area contributed by atoms with E-state index in [1.807, 2.05) is 24.3 Å². The zero-order chi connectivity index (χ0) is 8.39. The van der Waals surface area contributed by atoms with Crippen LogP contribution in [-0.4, -0.2) is 16.9 Å². The summed E-state index contributed by atoms with van der Waals surface area (Å²) in [5.74, 6) is 0. The third-order valence-electron chi connectivity index (χ3n) is 1.70. The van der Waals surface area contributed by atoms with Gasteiger partial charge in [0.15, 0.2) is 0 Å². The Morgan fingerprint density at radius 1 is 1.25 bits per heavy atom. The lowest BCUT2D eigenvalue weighted by molar-refractivity contribution is 1.08. The average Bonchev–Trinajstić information content (AvgIpc) is 2.17. The maximum atomic E-state index is 3.95. The van der Waals surface area contributed by atoms with Crippen LogP contribution in [0.5, 0.6) is 0 Å². The Morgan fingerprint density at radius 3 is 3.00 bits per heavy atom. The minimum Gasteiger partial charge on any atom is -0.264 e. The number of fused-ring (bicyclic) bond motifs is 1. The van der Waals surface area contributed by atoms with Crippen molar-refractivity contribution in [2.45, 2.75) is 0 Å². The van der Waals surface area contributed by atoms with Crippen LogP contribution < -0.4 is 0 Å². The third kappa shape index (κ3) is 0.955. The molecule has 58 valence electrons. The lowest BCUT2D eigenvalue weighted by Crippen LogP contribution is -1.81. The molecule has 0 radical (unpaired) electrons. The smallest absolute Gasteiger partial charge is 0.0951 e. The Kier molecular flexibility index (Phi) is 1.55. The highest BCUT2D eigenvalue weighted by Gasteiger charge is 1.97. The van der Waals surface area contributed by atoms with Crippen LogP contribution in [0.3, 0.4) is 0 Å². The van der Waals surface area contributed by atoms with E-state index in [9.17, 15) is 0 Å². The van der Waals surface area contributed by atoms with Crippen LogP contribution in [0.1, 0.15) is 0 Å². The van der Waals surface area contributed by atoms with Crippen molar-refractivity contribution in [2.24, 2.45) is 4.99 Å². The third-order valence-corrected chi connectivity index (χ3v) is 1.70. The van der Waals surface area contributed by atoms with Gasteiger partial charge < -0.3 is 0 Å². The highest BCUT2D eigenvalue weighted by Crippen LogP contribution is 2.22. The normalized spacial score (nSPS) is 10.0. The molecule has 1 heterocycles. The van der Waals surface area contributed by atoms with Crippen molar-refractivity contribution in [3.8, 4) is 0 Å². The lowest BCUT2D eigenvalue weighted by atomic mass is 10.2. The van der Waals surface area contributed by atoms with Gasteiger partial charge >= 0.3 is 0 Å². The van der Waals surface area contributed by atoms with Gasteiger partial charge in [-0.05, 0) is 24.9 Å². The average molecular weight is 157 g/mol. The van der Waals surface area contributed by atoms with Gasteiger partial charge in [-0.3, -0.25) is 4.99 Å². The standard InChI is InChI=1S/C9H7N3/c1-10-8-3-2-4-9-7(8)5-6-11-12-9/h2-6H,1H2. The van der Waals surface area contributed by atoms with Crippen LogP contribution in [0.4, 0.5) is 5.69 Å². The summed E-state index contributed by atoms with van der Waals surface area (Å²) in [6, 6.07) is 7.57. The van der Waals surface area contributed by atoms with Crippen LogP contribution in [0.25, 0.3) is 10.9 Å². The molecule has 1 aromatic carbocycles. The van der Waals surface area contributed by atoms with E-state index in [1.165, 1.54) is 0 Å². The Labute approximate surface area is 69.8 Å². The van der Waals surface area contributed by atoms with E-state index < -0.39 is 0 Å². The van der Waals surface area contributed by atoms with Gasteiger partial charge in [0, 0.05) is 5.39 Å². The van der Waals surface area contributed by atoms with Crippen LogP contribution in [0.2, 0.25) is 0 Å². The molecule has 2 rings (SSSR count). The fourth-order valence-corrected chi connectivity index (χ4v) is 1.14. The predicted octanol–water partition coefficient (Wildman–Crippen LogP) is 1.96. The summed E-state index contributed by atoms with van der Waals surface area (Å²) in [5.41, 5.74) is 1.70. The Hall–Kier alpha value is -1.77. The van der Waals surface area contributed by atoms with Gasteiger partial charge in [-0.15, -0.1) is 0 Å². The number of hydrogen-bond donors (Lipinski definition) is 0. The molecule has 0 aliphatic carbocycles. The van der Waals surface area contributed by atoms with Crippen LogP contribution in [-0.2, 0) is 0 Å². The molecule has 0 saturated heterocycles. The molecule has 3 nitrogen and oxygen atoms in total. The Balaban J connectivity index is 2.88. The second-order valence-electron chi connectivity index (χ2n) is 2.40. The highest BCUT2D eigenvalue weighted by atomic mass is 15.1. The maximum Gasteiger partial charge on any atom is 0.0951 e. The van der Waals surface area contributed by atoms with E-state index >= 15 is 0 Å². The van der Waals surface area contributed by atoms with Gasteiger partial charge in [0.25, 0.3) is 0 Å². The number of rotatable bonds is 1. The maximum absolute atomic E-state index is 3.95. The quantitative estimate of drug-likeness (QED) is 0.593. The molecule has 0 spiro atoms. The molecular formula is C9H7N3. The molecule has 0 N–H and O–H groups in total. The number of aliphatic imine (C=N–C) groups is 1. The minimum atomic E-state index is 0.849. The molecule has 0 fully saturated rings. The van der Waals surface area contributed by atoms with Gasteiger partial charge in [0.2, 0.25) is 0 Å². The van der Waals surface area contributed by atoms with Crippen molar-refractivity contribution in [2.75, 3.05) is 0 Å². The molecule has 12 heavy (non-hydrogen) atoms. The van der Waals surface area contributed by atoms with Gasteiger partial charge in [-0.25, -0.2) is 0 Å². The van der Waals surface area contributed by atoms with Crippen molar-refractivity contribution in [3.63, 3.8) is 0 Å². The second kappa shape index (κ2) is 2.70. The van der Waals surface area contributed by atoms with Crippen molar-refractivity contribution >= 4 is 23.3 Å². The van der Waals surface area contributed by atoms with E-state index in [2.05, 4.69) is 21.9 Å². The first-order valence-electron chi connectivity index (χ1n) is 3.59. The summed E-state index contributed by atoms with van der Waals surface area (Å²) in [6.45, 7) is 3.48. The summed E-state index contributed by atoms with van der Waals surface area (Å²) in [5, 5.41) is 8.72. The molecule has 0 bridgehead atoms. The molecule has 0 amide bonds. The first kappa shape index (κ1) is 6.91. The Bertz CT molecular complexity index is 418. The topological polar surface area (TPSA) is 38.1 Å². The molecule has 0 aliphatic rings. The summed E-state index contributed by atoms with van der Waals surface area (Å²) in [4.78, 5) is 3.88. The predicted molar refractivity (Wildman–Crippen MR) is 48.7 cm³/mol. The summed E-state index contributed by atoms with van der Waals surface area (Å²) in [6.07, 6.45) is 1.65. The van der Waals surface area contributed by atoms with Gasteiger partial charge in [0.05, 0.1) is 17.4 Å². The number of nitrogens with zero attached hydrogens (tertiary/aromatic N) is 3. The minimum absolute atomic E-state index is 0.849. The molecule has 0 aliphatic heterocycles. The van der Waals surface area contributed by atoms with Gasteiger partial charge in [-0.1, -0.05) is 6.07 Å². The molecule has 0 atom stereocenters. The van der Waals surface area contributed by atoms with Crippen molar-refractivity contribution in [1.82, 2.24) is 10.2 Å². The Morgan fingerprint density at radius 2 is 2.17 bits per heavy atom. The van der Waals surface area contributed by atoms with Crippen molar-refractivity contribution in [3.05, 3.63) is 30.5 Å². The van der Waals surface area contributed by atoms with Crippen LogP contribution >= 0.6 is 0 Å². The lowest BCUT2D eigenvalue weighted by Gasteiger charge is -1.97. The van der Waals surface area contributed by atoms with Crippen LogP contribution in [0, 0.1) is 0 Å². The molecule has 1 aromatic heterocycles. The molecule has 3 heteroatoms. The SMILES string of the molecule is C=Nc1cccc2nnccc12.